The number of esters is 1. The quantitative estimate of drug-likeness (QED) is 0.182. The Balaban J connectivity index is 2.69. The molecule has 0 fully saturated rings. The molecule has 0 saturated heterocycles. The van der Waals surface area contributed by atoms with E-state index in [1.807, 2.05) is 12.1 Å². The SMILES string of the molecule is O=C(OCCCCS)c1cc(I)cc(I)c1I. The van der Waals surface area contributed by atoms with Crippen LogP contribution in [0, 0.1) is 10.7 Å². The van der Waals surface area contributed by atoms with E-state index in [4.69, 9.17) is 4.74 Å². The van der Waals surface area contributed by atoms with Crippen LogP contribution in [-0.2, 0) is 4.74 Å². The Morgan fingerprint density at radius 3 is 2.59 bits per heavy atom. The van der Waals surface area contributed by atoms with Gasteiger partial charge in [-0.25, -0.2) is 4.79 Å². The number of hydrogen-bond donors (Lipinski definition) is 1. The highest BCUT2D eigenvalue weighted by Gasteiger charge is 2.14. The van der Waals surface area contributed by atoms with Gasteiger partial charge in [-0.2, -0.15) is 12.6 Å². The van der Waals surface area contributed by atoms with Crippen molar-refractivity contribution in [1.29, 1.82) is 0 Å². The Morgan fingerprint density at radius 2 is 1.94 bits per heavy atom. The highest BCUT2D eigenvalue weighted by molar-refractivity contribution is 14.1. The van der Waals surface area contributed by atoms with Crippen LogP contribution in [0.4, 0.5) is 0 Å². The van der Waals surface area contributed by atoms with Gasteiger partial charge in [0.1, 0.15) is 0 Å². The summed E-state index contributed by atoms with van der Waals surface area (Å²) in [6, 6.07) is 3.91. The number of hydrogen-bond acceptors (Lipinski definition) is 3. The lowest BCUT2D eigenvalue weighted by atomic mass is 10.2. The van der Waals surface area contributed by atoms with Gasteiger partial charge in [0, 0.05) is 10.7 Å². The van der Waals surface area contributed by atoms with Crippen LogP contribution in [0.15, 0.2) is 12.1 Å². The zero-order chi connectivity index (χ0) is 12.8. The first-order chi connectivity index (χ1) is 8.06. The van der Waals surface area contributed by atoms with Crippen LogP contribution >= 0.6 is 80.4 Å². The Kier molecular flexibility index (Phi) is 8.06. The molecule has 0 bridgehead atoms. The van der Waals surface area contributed by atoms with Gasteiger partial charge >= 0.3 is 5.97 Å². The fourth-order valence-electron chi connectivity index (χ4n) is 1.16. The van der Waals surface area contributed by atoms with Crippen molar-refractivity contribution in [2.75, 3.05) is 12.4 Å². The number of carbonyl (C=O) groups is 1. The Labute approximate surface area is 147 Å². The van der Waals surface area contributed by atoms with Crippen LogP contribution in [0.1, 0.15) is 23.2 Å². The predicted octanol–water partition coefficient (Wildman–Crippen LogP) is 4.37. The number of unbranched alkanes of at least 4 members (excludes halogenated alkanes) is 1. The summed E-state index contributed by atoms with van der Waals surface area (Å²) in [5.74, 6) is 0.598. The number of benzene rings is 1. The van der Waals surface area contributed by atoms with Gasteiger partial charge < -0.3 is 4.74 Å². The van der Waals surface area contributed by atoms with E-state index in [0.29, 0.717) is 12.2 Å². The van der Waals surface area contributed by atoms with E-state index in [0.717, 1.165) is 29.3 Å². The van der Waals surface area contributed by atoms with Crippen molar-refractivity contribution < 1.29 is 9.53 Å². The van der Waals surface area contributed by atoms with Gasteiger partial charge in [-0.05, 0) is 98.5 Å². The molecular weight excluding hydrogens is 577 g/mol. The maximum absolute atomic E-state index is 11.9. The summed E-state index contributed by atoms with van der Waals surface area (Å²) in [6.07, 6.45) is 1.84. The maximum atomic E-state index is 11.9. The molecular formula is C11H11I3O2S. The third kappa shape index (κ3) is 5.39. The third-order valence-electron chi connectivity index (χ3n) is 2.00. The normalized spacial score (nSPS) is 10.4. The molecule has 0 atom stereocenters. The minimum atomic E-state index is -0.231. The molecule has 0 spiro atoms. The van der Waals surface area contributed by atoms with E-state index in [1.54, 1.807) is 0 Å². The van der Waals surface area contributed by atoms with E-state index in [9.17, 15) is 4.79 Å². The fourth-order valence-corrected chi connectivity index (χ4v) is 3.76. The second-order valence-electron chi connectivity index (χ2n) is 3.32. The lowest BCUT2D eigenvalue weighted by Crippen LogP contribution is -2.09. The third-order valence-corrected chi connectivity index (χ3v) is 5.98. The Morgan fingerprint density at radius 1 is 1.24 bits per heavy atom. The molecule has 0 aliphatic carbocycles. The van der Waals surface area contributed by atoms with Crippen LogP contribution in [0.2, 0.25) is 0 Å². The van der Waals surface area contributed by atoms with Gasteiger partial charge in [0.25, 0.3) is 0 Å². The van der Waals surface area contributed by atoms with E-state index in [2.05, 4.69) is 80.4 Å². The van der Waals surface area contributed by atoms with Crippen LogP contribution in [-0.4, -0.2) is 18.3 Å². The van der Waals surface area contributed by atoms with E-state index < -0.39 is 0 Å². The minimum absolute atomic E-state index is 0.231. The molecule has 1 aromatic rings. The van der Waals surface area contributed by atoms with Crippen molar-refractivity contribution in [3.63, 3.8) is 0 Å². The number of thiol groups is 1. The molecule has 0 aromatic heterocycles. The Hall–Kier alpha value is 1.23. The molecule has 0 unspecified atom stereocenters. The van der Waals surface area contributed by atoms with Crippen molar-refractivity contribution in [2.45, 2.75) is 12.8 Å². The monoisotopic (exact) mass is 588 g/mol. The second-order valence-corrected chi connectivity index (χ2v) is 7.25. The zero-order valence-corrected chi connectivity index (χ0v) is 16.2. The highest BCUT2D eigenvalue weighted by atomic mass is 127. The van der Waals surface area contributed by atoms with Gasteiger partial charge in [0.15, 0.2) is 0 Å². The first-order valence-corrected chi connectivity index (χ1v) is 8.85. The molecule has 17 heavy (non-hydrogen) atoms. The molecule has 0 heterocycles. The van der Waals surface area contributed by atoms with Gasteiger partial charge in [-0.15, -0.1) is 0 Å². The second kappa shape index (κ2) is 8.41. The highest BCUT2D eigenvalue weighted by Crippen LogP contribution is 2.23. The van der Waals surface area contributed by atoms with Crippen molar-refractivity contribution in [2.24, 2.45) is 0 Å². The van der Waals surface area contributed by atoms with Crippen molar-refractivity contribution in [3.8, 4) is 0 Å². The first-order valence-electron chi connectivity index (χ1n) is 4.98. The van der Waals surface area contributed by atoms with Gasteiger partial charge in [-0.1, -0.05) is 0 Å². The van der Waals surface area contributed by atoms with E-state index >= 15 is 0 Å². The number of rotatable bonds is 5. The van der Waals surface area contributed by atoms with Crippen LogP contribution < -0.4 is 0 Å². The van der Waals surface area contributed by atoms with Crippen LogP contribution in [0.3, 0.4) is 0 Å². The Bertz CT molecular complexity index is 410. The largest absolute Gasteiger partial charge is 0.462 e. The summed E-state index contributed by atoms with van der Waals surface area (Å²) in [4.78, 5) is 11.9. The lowest BCUT2D eigenvalue weighted by molar-refractivity contribution is 0.0498. The summed E-state index contributed by atoms with van der Waals surface area (Å²) in [6.45, 7) is 0.470. The number of carbonyl (C=O) groups excluding carboxylic acids is 1. The van der Waals surface area contributed by atoms with Crippen molar-refractivity contribution in [3.05, 3.63) is 28.4 Å². The van der Waals surface area contributed by atoms with E-state index in [-0.39, 0.29) is 5.97 Å². The number of ether oxygens (including phenoxy) is 1. The topological polar surface area (TPSA) is 26.3 Å². The number of halogens is 3. The van der Waals surface area contributed by atoms with Crippen molar-refractivity contribution in [1.82, 2.24) is 0 Å². The molecule has 2 nitrogen and oxygen atoms in total. The molecule has 0 radical (unpaired) electrons. The maximum Gasteiger partial charge on any atom is 0.339 e. The summed E-state index contributed by atoms with van der Waals surface area (Å²) in [7, 11) is 0. The fraction of sp³-hybridized carbons (Fsp3) is 0.364. The molecule has 0 aliphatic heterocycles. The predicted molar refractivity (Wildman–Crippen MR) is 98.0 cm³/mol. The van der Waals surface area contributed by atoms with Gasteiger partial charge in [0.05, 0.1) is 12.2 Å². The van der Waals surface area contributed by atoms with Crippen molar-refractivity contribution >= 4 is 86.4 Å². The van der Waals surface area contributed by atoms with Gasteiger partial charge in [0.2, 0.25) is 0 Å². The summed E-state index contributed by atoms with van der Waals surface area (Å²) in [5, 5.41) is 0. The lowest BCUT2D eigenvalue weighted by Gasteiger charge is -2.08. The zero-order valence-electron chi connectivity index (χ0n) is 8.88. The molecule has 94 valence electrons. The van der Waals surface area contributed by atoms with Crippen LogP contribution in [0.25, 0.3) is 0 Å². The summed E-state index contributed by atoms with van der Waals surface area (Å²) >= 11 is 10.7. The average Bonchev–Trinajstić information content (AvgIpc) is 2.29. The molecule has 0 amide bonds. The summed E-state index contributed by atoms with van der Waals surface area (Å²) in [5.41, 5.74) is 0.660. The molecule has 0 aliphatic rings. The molecule has 1 aromatic carbocycles. The first kappa shape index (κ1) is 16.3. The van der Waals surface area contributed by atoms with Crippen LogP contribution in [0.5, 0.6) is 0 Å². The van der Waals surface area contributed by atoms with Gasteiger partial charge in [-0.3, -0.25) is 0 Å². The minimum Gasteiger partial charge on any atom is -0.462 e. The molecule has 1 rings (SSSR count). The van der Waals surface area contributed by atoms with E-state index in [1.165, 1.54) is 0 Å². The molecule has 6 heteroatoms. The smallest absolute Gasteiger partial charge is 0.339 e. The molecule has 0 N–H and O–H groups in total. The summed E-state index contributed by atoms with van der Waals surface area (Å²) < 4.78 is 8.33. The standard InChI is InChI=1S/C11H11I3O2S/c12-7-5-8(10(14)9(13)6-7)11(15)16-3-1-2-4-17/h5-6,17H,1-4H2. The average molecular weight is 588 g/mol. The molecule has 0 saturated carbocycles.